The lowest BCUT2D eigenvalue weighted by molar-refractivity contribution is -0.128. The molecule has 0 saturated carbocycles. The van der Waals surface area contributed by atoms with Crippen LogP contribution in [0.5, 0.6) is 69.0 Å². The molecule has 3 heterocycles. The molecule has 5 atom stereocenters. The standard InChI is InChI=1S/C42H37NO17/c1-2-43-22(3-4-33(43)52)35-24(46)14-31-21(36(35)53)12-29(51)41(59-31)19-11-28(50)39(56)34-18(19)5-15(6-27(49)38(34)55)40-32(13-20-23(45)9-17(44)10-30(20)58-40)60-42(57)16-7-25(47)37(54)26(48)8-16/h5-11,14,22,29,32,40-41,44-48,50-51,53-54,56H,2-4,12-13H2,1H3,(H,49,55)/t22?,29-,32-,40-,41-/m1/s1. The molecule has 0 bridgehead atoms. The second-order valence-electron chi connectivity index (χ2n) is 14.8. The number of esters is 1. The van der Waals surface area contributed by atoms with Crippen LogP contribution in [0.3, 0.4) is 0 Å². The molecule has 60 heavy (non-hydrogen) atoms. The molecule has 312 valence electrons. The first-order valence-corrected chi connectivity index (χ1v) is 18.6. The van der Waals surface area contributed by atoms with E-state index >= 15 is 0 Å². The van der Waals surface area contributed by atoms with Crippen molar-refractivity contribution < 1.29 is 80.0 Å². The van der Waals surface area contributed by atoms with Crippen LogP contribution in [0, 0.1) is 0 Å². The van der Waals surface area contributed by atoms with E-state index in [-0.39, 0.29) is 69.9 Å². The normalized spacial score (nSPS) is 20.9. The summed E-state index contributed by atoms with van der Waals surface area (Å²) in [4.78, 5) is 41.3. The van der Waals surface area contributed by atoms with Crippen LogP contribution in [0.15, 0.2) is 53.3 Å². The van der Waals surface area contributed by atoms with Crippen molar-refractivity contribution in [1.29, 1.82) is 0 Å². The van der Waals surface area contributed by atoms with Crippen LogP contribution < -0.4 is 14.9 Å². The fourth-order valence-corrected chi connectivity index (χ4v) is 8.35. The van der Waals surface area contributed by atoms with E-state index in [9.17, 15) is 70.6 Å². The van der Waals surface area contributed by atoms with Gasteiger partial charge in [-0.05, 0) is 49.1 Å². The van der Waals surface area contributed by atoms with Crippen molar-refractivity contribution in [1.82, 2.24) is 4.90 Å². The molecular weight excluding hydrogens is 790 g/mol. The average molecular weight is 828 g/mol. The van der Waals surface area contributed by atoms with Gasteiger partial charge < -0.3 is 75.3 Å². The predicted molar refractivity (Wildman–Crippen MR) is 205 cm³/mol. The third-order valence-electron chi connectivity index (χ3n) is 11.2. The summed E-state index contributed by atoms with van der Waals surface area (Å²) in [5.74, 6) is -8.61. The number of carbonyl (C=O) groups excluding carboxylic acids is 2. The van der Waals surface area contributed by atoms with Crippen LogP contribution >= 0.6 is 0 Å². The number of phenolic OH excluding ortho intramolecular Hbond substituents is 9. The third kappa shape index (κ3) is 6.37. The van der Waals surface area contributed by atoms with Crippen molar-refractivity contribution in [2.45, 2.75) is 63.1 Å². The molecule has 3 aliphatic rings. The lowest BCUT2D eigenvalue weighted by Crippen LogP contribution is -2.34. The number of hydrogen-bond acceptors (Lipinski definition) is 17. The minimum Gasteiger partial charge on any atom is -0.508 e. The van der Waals surface area contributed by atoms with Gasteiger partial charge in [0.1, 0.15) is 40.6 Å². The number of phenols is 9. The van der Waals surface area contributed by atoms with Gasteiger partial charge in [0, 0.05) is 66.3 Å². The number of benzene rings is 4. The quantitative estimate of drug-likeness (QED) is 0.0855. The van der Waals surface area contributed by atoms with E-state index in [1.807, 2.05) is 0 Å². The van der Waals surface area contributed by atoms with Gasteiger partial charge in [0.05, 0.1) is 28.7 Å². The average Bonchev–Trinajstić information content (AvgIpc) is 3.50. The maximum absolute atomic E-state index is 13.8. The number of rotatable bonds is 6. The molecule has 1 saturated heterocycles. The van der Waals surface area contributed by atoms with Gasteiger partial charge in [-0.1, -0.05) is 0 Å². The lowest BCUT2D eigenvalue weighted by Gasteiger charge is -2.34. The molecule has 18 nitrogen and oxygen atoms in total. The molecule has 0 radical (unpaired) electrons. The van der Waals surface area contributed by atoms with Crippen molar-refractivity contribution in [2.75, 3.05) is 6.54 Å². The van der Waals surface area contributed by atoms with Gasteiger partial charge in [-0.15, -0.1) is 0 Å². The maximum atomic E-state index is 13.8. The van der Waals surface area contributed by atoms with E-state index in [1.54, 1.807) is 6.92 Å². The Kier molecular flexibility index (Phi) is 9.46. The molecule has 3 aliphatic heterocycles. The summed E-state index contributed by atoms with van der Waals surface area (Å²) in [5, 5.41) is 117. The fraction of sp³-hybridized carbons (Fsp3) is 0.262. The summed E-state index contributed by atoms with van der Waals surface area (Å²) < 4.78 is 18.1. The number of hydrogen-bond donors (Lipinski definition) is 11. The van der Waals surface area contributed by atoms with Crippen LogP contribution in [0.4, 0.5) is 0 Å². The Balaban J connectivity index is 1.26. The van der Waals surface area contributed by atoms with Gasteiger partial charge in [0.2, 0.25) is 11.3 Å². The zero-order chi connectivity index (χ0) is 43.1. The first-order chi connectivity index (χ1) is 28.5. The summed E-state index contributed by atoms with van der Waals surface area (Å²) in [7, 11) is 0. The van der Waals surface area contributed by atoms with Gasteiger partial charge in [0.25, 0.3) is 0 Å². The molecular formula is C42H37NO17. The predicted octanol–water partition coefficient (Wildman–Crippen LogP) is 3.88. The minimum absolute atomic E-state index is 0.0643. The molecule has 1 unspecified atom stereocenters. The van der Waals surface area contributed by atoms with E-state index in [4.69, 9.17) is 14.2 Å². The summed E-state index contributed by atoms with van der Waals surface area (Å²) in [6.07, 6.45) is -6.09. The van der Waals surface area contributed by atoms with Crippen molar-refractivity contribution in [3.63, 3.8) is 0 Å². The van der Waals surface area contributed by atoms with Crippen molar-refractivity contribution in [3.05, 3.63) is 92.1 Å². The number of aromatic hydroxyl groups is 10. The molecule has 0 aromatic heterocycles. The van der Waals surface area contributed by atoms with Gasteiger partial charge in [-0.3, -0.25) is 9.59 Å². The number of ether oxygens (including phenoxy) is 3. The van der Waals surface area contributed by atoms with Crippen LogP contribution in [0.2, 0.25) is 0 Å². The summed E-state index contributed by atoms with van der Waals surface area (Å²) in [6, 6.07) is 7.51. The Morgan fingerprint density at radius 3 is 2.08 bits per heavy atom. The highest BCUT2D eigenvalue weighted by atomic mass is 16.6. The minimum atomic E-state index is -1.53. The fourth-order valence-electron chi connectivity index (χ4n) is 8.35. The molecule has 1 amide bonds. The number of nitrogens with zero attached hydrogens (tertiary/aromatic N) is 1. The topological polar surface area (TPSA) is 305 Å². The maximum Gasteiger partial charge on any atom is 0.338 e. The Labute approximate surface area is 337 Å². The number of fused-ring (bicyclic) bond motifs is 3. The molecule has 11 N–H and O–H groups in total. The number of amides is 1. The van der Waals surface area contributed by atoms with Gasteiger partial charge in [-0.25, -0.2) is 4.79 Å². The molecule has 5 aromatic carbocycles. The summed E-state index contributed by atoms with van der Waals surface area (Å²) in [6.45, 7) is 2.07. The van der Waals surface area contributed by atoms with Crippen molar-refractivity contribution in [2.24, 2.45) is 0 Å². The number of likely N-dealkylation sites (tertiary alicyclic amines) is 1. The molecule has 0 aliphatic carbocycles. The monoisotopic (exact) mass is 827 g/mol. The van der Waals surface area contributed by atoms with Crippen LogP contribution in [0.1, 0.15) is 76.2 Å². The highest BCUT2D eigenvalue weighted by molar-refractivity contribution is 5.94. The Bertz CT molecular complexity index is 2690. The number of aliphatic hydroxyl groups is 1. The first kappa shape index (κ1) is 39.4. The molecule has 5 aromatic rings. The highest BCUT2D eigenvalue weighted by Crippen LogP contribution is 2.52. The van der Waals surface area contributed by atoms with E-state index in [1.165, 1.54) is 17.0 Å². The van der Waals surface area contributed by atoms with Crippen molar-refractivity contribution >= 4 is 22.6 Å². The molecule has 18 heteroatoms. The second-order valence-corrected chi connectivity index (χ2v) is 14.8. The van der Waals surface area contributed by atoms with E-state index in [0.717, 1.165) is 36.4 Å². The number of aliphatic hydroxyl groups excluding tert-OH is 1. The zero-order valence-electron chi connectivity index (χ0n) is 31.4. The zero-order valence-corrected chi connectivity index (χ0v) is 31.4. The van der Waals surface area contributed by atoms with Crippen LogP contribution in [-0.2, 0) is 22.4 Å². The Morgan fingerprint density at radius 2 is 1.38 bits per heavy atom. The van der Waals surface area contributed by atoms with E-state index in [2.05, 4.69) is 0 Å². The van der Waals surface area contributed by atoms with E-state index in [0.29, 0.717) is 13.0 Å². The summed E-state index contributed by atoms with van der Waals surface area (Å²) in [5.41, 5.74) is -1.66. The first-order valence-electron chi connectivity index (χ1n) is 18.6. The number of carbonyl (C=O) groups is 2. The third-order valence-corrected chi connectivity index (χ3v) is 11.2. The van der Waals surface area contributed by atoms with Gasteiger partial charge >= 0.3 is 5.97 Å². The smallest absolute Gasteiger partial charge is 0.338 e. The van der Waals surface area contributed by atoms with Gasteiger partial charge in [0.15, 0.2) is 46.7 Å². The lowest BCUT2D eigenvalue weighted by atomic mass is 9.88. The van der Waals surface area contributed by atoms with Crippen molar-refractivity contribution in [3.8, 4) is 69.0 Å². The Hall–Kier alpha value is -7.47. The Morgan fingerprint density at radius 1 is 0.717 bits per heavy atom. The second kappa shape index (κ2) is 14.4. The van der Waals surface area contributed by atoms with E-state index < -0.39 is 110 Å². The summed E-state index contributed by atoms with van der Waals surface area (Å²) >= 11 is 0. The largest absolute Gasteiger partial charge is 0.508 e. The highest BCUT2D eigenvalue weighted by Gasteiger charge is 2.41. The SMILES string of the molecule is CCN1C(=O)CCC1c1c(O)cc2c(c1O)C[C@@H](O)[C@@H](c1cc(O)c(O)c3c(=O)c(O)cc([C@H]4Oc5cc(O)cc(O)c5C[C@H]4OC(=O)c4cc(O)c(O)c(O)c4)cc13)O2. The van der Waals surface area contributed by atoms with Crippen LogP contribution in [-0.4, -0.2) is 91.7 Å². The molecule has 1 fully saturated rings. The van der Waals surface area contributed by atoms with Gasteiger partial charge in [-0.2, -0.15) is 0 Å². The molecule has 0 spiro atoms. The molecule has 8 rings (SSSR count). The van der Waals surface area contributed by atoms with Crippen LogP contribution in [0.25, 0.3) is 10.8 Å².